The van der Waals surface area contributed by atoms with Gasteiger partial charge in [-0.2, -0.15) is 0 Å². The Morgan fingerprint density at radius 3 is 2.07 bits per heavy atom. The molecule has 84 valence electrons. The average molecular weight is 229 g/mol. The molecule has 1 aromatic carbocycles. The third-order valence-electron chi connectivity index (χ3n) is 1.85. The number of rotatable bonds is 3. The van der Waals surface area contributed by atoms with Crippen LogP contribution < -0.4 is 18.1 Å². The molecule has 0 saturated carbocycles. The molecular formula is C11H17ClN2O. The van der Waals surface area contributed by atoms with Crippen molar-refractivity contribution in [3.63, 3.8) is 0 Å². The number of quaternary nitrogens is 1. The van der Waals surface area contributed by atoms with Crippen molar-refractivity contribution in [3.8, 4) is 0 Å². The van der Waals surface area contributed by atoms with Gasteiger partial charge in [0.1, 0.15) is 6.54 Å². The summed E-state index contributed by atoms with van der Waals surface area (Å²) < 4.78 is 0.642. The lowest BCUT2D eigenvalue weighted by molar-refractivity contribution is -0.861. The van der Waals surface area contributed by atoms with E-state index in [1.54, 1.807) is 24.3 Å². The van der Waals surface area contributed by atoms with Crippen LogP contribution in [0.4, 0.5) is 5.69 Å². The molecule has 0 aliphatic heterocycles. The van der Waals surface area contributed by atoms with Gasteiger partial charge >= 0.3 is 0 Å². The van der Waals surface area contributed by atoms with Crippen LogP contribution in [0.2, 0.25) is 0 Å². The molecule has 0 bridgehead atoms. The van der Waals surface area contributed by atoms with Crippen LogP contribution in [0.15, 0.2) is 24.3 Å². The predicted octanol–water partition coefficient (Wildman–Crippen LogP) is -1.84. The molecule has 0 unspecified atom stereocenters. The molecule has 0 radical (unpaired) electrons. The Kier molecular flexibility index (Phi) is 4.78. The normalized spacial score (nSPS) is 10.6. The largest absolute Gasteiger partial charge is 1.00 e. The van der Waals surface area contributed by atoms with E-state index < -0.39 is 0 Å². The molecule has 0 aromatic heterocycles. The van der Waals surface area contributed by atoms with Gasteiger partial charge in [0.05, 0.1) is 21.1 Å². The number of nitrogens with zero attached hydrogens (tertiary/aromatic N) is 1. The van der Waals surface area contributed by atoms with E-state index in [9.17, 15) is 4.79 Å². The van der Waals surface area contributed by atoms with Crippen LogP contribution >= 0.6 is 0 Å². The number of benzene rings is 1. The van der Waals surface area contributed by atoms with E-state index in [1.165, 1.54) is 0 Å². The van der Waals surface area contributed by atoms with Crippen LogP contribution in [0.3, 0.4) is 0 Å². The van der Waals surface area contributed by atoms with Gasteiger partial charge < -0.3 is 22.6 Å². The number of carbonyl (C=O) groups excluding carboxylic acids is 1. The number of halogens is 1. The van der Waals surface area contributed by atoms with Crippen molar-refractivity contribution in [3.05, 3.63) is 29.8 Å². The van der Waals surface area contributed by atoms with Crippen molar-refractivity contribution >= 4 is 11.5 Å². The van der Waals surface area contributed by atoms with E-state index in [0.717, 1.165) is 5.56 Å². The Balaban J connectivity index is 0.00000196. The van der Waals surface area contributed by atoms with Crippen LogP contribution in [-0.4, -0.2) is 38.0 Å². The highest BCUT2D eigenvalue weighted by molar-refractivity contribution is 5.97. The maximum absolute atomic E-state index is 11.7. The third-order valence-corrected chi connectivity index (χ3v) is 1.85. The van der Waals surface area contributed by atoms with Gasteiger partial charge in [0.2, 0.25) is 5.78 Å². The molecule has 1 rings (SSSR count). The zero-order chi connectivity index (χ0) is 10.8. The van der Waals surface area contributed by atoms with Crippen molar-refractivity contribution in [1.29, 1.82) is 0 Å². The van der Waals surface area contributed by atoms with E-state index in [-0.39, 0.29) is 18.2 Å². The third kappa shape index (κ3) is 4.81. The number of ketones is 1. The first-order valence-corrected chi connectivity index (χ1v) is 4.58. The summed E-state index contributed by atoms with van der Waals surface area (Å²) in [5, 5.41) is 0. The summed E-state index contributed by atoms with van der Waals surface area (Å²) in [7, 11) is 5.99. The Labute approximate surface area is 96.9 Å². The molecule has 0 amide bonds. The fourth-order valence-corrected chi connectivity index (χ4v) is 1.19. The summed E-state index contributed by atoms with van der Waals surface area (Å²) in [5.74, 6) is 0.150. The van der Waals surface area contributed by atoms with E-state index in [1.807, 2.05) is 21.1 Å². The first-order chi connectivity index (χ1) is 6.38. The second kappa shape index (κ2) is 5.14. The summed E-state index contributed by atoms with van der Waals surface area (Å²) in [4.78, 5) is 11.7. The SMILES string of the molecule is C[N+](C)(C)CC(=O)c1ccc(N)cc1.[Cl-]. The summed E-state index contributed by atoms with van der Waals surface area (Å²) in [5.41, 5.74) is 6.95. The first-order valence-electron chi connectivity index (χ1n) is 4.58. The maximum atomic E-state index is 11.7. The first kappa shape index (κ1) is 13.9. The lowest BCUT2D eigenvalue weighted by atomic mass is 10.1. The molecular weight excluding hydrogens is 212 g/mol. The minimum Gasteiger partial charge on any atom is -1.00 e. The highest BCUT2D eigenvalue weighted by atomic mass is 35.5. The van der Waals surface area contributed by atoms with Crippen LogP contribution in [0.5, 0.6) is 0 Å². The van der Waals surface area contributed by atoms with Gasteiger partial charge in [0.15, 0.2) is 0 Å². The van der Waals surface area contributed by atoms with Crippen molar-refractivity contribution in [2.45, 2.75) is 0 Å². The lowest BCUT2D eigenvalue weighted by Crippen LogP contribution is -3.00. The number of carbonyl (C=O) groups is 1. The van der Waals surface area contributed by atoms with Gasteiger partial charge in [-0.15, -0.1) is 0 Å². The van der Waals surface area contributed by atoms with Gasteiger partial charge in [0, 0.05) is 11.3 Å². The van der Waals surface area contributed by atoms with E-state index in [4.69, 9.17) is 5.73 Å². The Hall–Kier alpha value is -1.06. The molecule has 2 N–H and O–H groups in total. The molecule has 0 heterocycles. The Morgan fingerprint density at radius 1 is 1.20 bits per heavy atom. The van der Waals surface area contributed by atoms with Crippen LogP contribution in [0.25, 0.3) is 0 Å². The van der Waals surface area contributed by atoms with Crippen molar-refractivity contribution in [2.24, 2.45) is 0 Å². The monoisotopic (exact) mass is 228 g/mol. The number of nitrogens with two attached hydrogens (primary N) is 1. The number of anilines is 1. The lowest BCUT2D eigenvalue weighted by Gasteiger charge is -2.22. The zero-order valence-electron chi connectivity index (χ0n) is 9.33. The molecule has 0 saturated heterocycles. The second-order valence-corrected chi connectivity index (χ2v) is 4.49. The Bertz CT molecular complexity index is 327. The fourth-order valence-electron chi connectivity index (χ4n) is 1.19. The van der Waals surface area contributed by atoms with Crippen molar-refractivity contribution in [1.82, 2.24) is 0 Å². The van der Waals surface area contributed by atoms with E-state index in [2.05, 4.69) is 0 Å². The zero-order valence-corrected chi connectivity index (χ0v) is 10.1. The van der Waals surface area contributed by atoms with Gasteiger partial charge in [-0.1, -0.05) is 0 Å². The van der Waals surface area contributed by atoms with Gasteiger partial charge in [-0.3, -0.25) is 4.79 Å². The number of Topliss-reactive ketones (excluding diaryl/α,β-unsaturated/α-hetero) is 1. The standard InChI is InChI=1S/C11H16N2O.ClH/c1-13(2,3)8-11(14)9-4-6-10(12)7-5-9;/h4-7H,8H2,1-3H3,(H-,12,14);1H. The molecule has 0 aliphatic rings. The second-order valence-electron chi connectivity index (χ2n) is 4.49. The molecule has 0 spiro atoms. The van der Waals surface area contributed by atoms with Crippen molar-refractivity contribution < 1.29 is 21.7 Å². The van der Waals surface area contributed by atoms with Crippen LogP contribution in [0.1, 0.15) is 10.4 Å². The molecule has 0 atom stereocenters. The minimum absolute atomic E-state index is 0. The smallest absolute Gasteiger partial charge is 0.216 e. The van der Waals surface area contributed by atoms with Crippen LogP contribution in [-0.2, 0) is 0 Å². The summed E-state index contributed by atoms with van der Waals surface area (Å²) >= 11 is 0. The molecule has 3 nitrogen and oxygen atoms in total. The summed E-state index contributed by atoms with van der Waals surface area (Å²) in [6.45, 7) is 0.504. The van der Waals surface area contributed by atoms with Gasteiger partial charge in [0.25, 0.3) is 0 Å². The highest BCUT2D eigenvalue weighted by Crippen LogP contribution is 2.07. The number of hydrogen-bond donors (Lipinski definition) is 1. The average Bonchev–Trinajstić information content (AvgIpc) is 2.02. The Morgan fingerprint density at radius 2 is 1.67 bits per heavy atom. The summed E-state index contributed by atoms with van der Waals surface area (Å²) in [6.07, 6.45) is 0. The van der Waals surface area contributed by atoms with Gasteiger partial charge in [-0.05, 0) is 24.3 Å². The quantitative estimate of drug-likeness (QED) is 0.376. The number of nitrogen functional groups attached to an aromatic ring is 1. The van der Waals surface area contributed by atoms with E-state index in [0.29, 0.717) is 16.7 Å². The predicted molar refractivity (Wildman–Crippen MR) is 58.1 cm³/mol. The molecule has 15 heavy (non-hydrogen) atoms. The summed E-state index contributed by atoms with van der Waals surface area (Å²) in [6, 6.07) is 7.05. The highest BCUT2D eigenvalue weighted by Gasteiger charge is 2.15. The topological polar surface area (TPSA) is 43.1 Å². The van der Waals surface area contributed by atoms with Gasteiger partial charge in [-0.25, -0.2) is 0 Å². The van der Waals surface area contributed by atoms with Crippen molar-refractivity contribution in [2.75, 3.05) is 33.4 Å². The number of likely N-dealkylation sites (N-methyl/N-ethyl adjacent to an activating group) is 1. The molecule has 0 fully saturated rings. The fraction of sp³-hybridized carbons (Fsp3) is 0.364. The van der Waals surface area contributed by atoms with E-state index >= 15 is 0 Å². The molecule has 1 aromatic rings. The van der Waals surface area contributed by atoms with Crippen LogP contribution in [0, 0.1) is 0 Å². The molecule has 0 aliphatic carbocycles. The molecule has 4 heteroatoms. The number of hydrogen-bond acceptors (Lipinski definition) is 2. The minimum atomic E-state index is 0. The maximum Gasteiger partial charge on any atom is 0.216 e.